The fraction of sp³-hybridized carbons (Fsp3) is 0.517. The molecule has 0 fully saturated rings. The van der Waals surface area contributed by atoms with Crippen LogP contribution in [-0.2, 0) is 38.1 Å². The highest BCUT2D eigenvalue weighted by atomic mass is 33.1. The summed E-state index contributed by atoms with van der Waals surface area (Å²) in [5.74, 6) is -1.26. The smallest absolute Gasteiger partial charge is 0.307 e. The minimum absolute atomic E-state index is 0.0566. The molecule has 4 aromatic carbocycles. The Morgan fingerprint density at radius 1 is 0.566 bits per heavy atom. The fourth-order valence-corrected chi connectivity index (χ4v) is 12.5. The van der Waals surface area contributed by atoms with Crippen LogP contribution >= 0.6 is 43.2 Å². The summed E-state index contributed by atoms with van der Waals surface area (Å²) in [5.41, 5.74) is 14.2. The number of unbranched alkanes of at least 4 members (excludes halogenated alkanes) is 1. The average Bonchev–Trinajstić information content (AvgIpc) is 3.42. The lowest BCUT2D eigenvalue weighted by Gasteiger charge is -2.37. The number of nitrogens with one attached hydrogen (secondary N) is 2. The molecule has 76 heavy (non-hydrogen) atoms. The molecular formula is C58H83N5O9S4. The van der Waals surface area contributed by atoms with E-state index in [1.807, 2.05) is 116 Å². The van der Waals surface area contributed by atoms with Gasteiger partial charge in [-0.3, -0.25) is 19.2 Å². The summed E-state index contributed by atoms with van der Waals surface area (Å²) in [4.78, 5) is 58.6. The molecule has 2 unspecified atom stereocenters. The second kappa shape index (κ2) is 34.9. The number of carbonyl (C=O) groups excluding carboxylic acids is 4. The highest BCUT2D eigenvalue weighted by Crippen LogP contribution is 2.40. The lowest BCUT2D eigenvalue weighted by atomic mass is 9.75. The Hall–Kier alpha value is -4.72. The van der Waals surface area contributed by atoms with Gasteiger partial charge in [0, 0.05) is 85.9 Å². The molecule has 418 valence electrons. The summed E-state index contributed by atoms with van der Waals surface area (Å²) in [6.07, 6.45) is 5.31. The van der Waals surface area contributed by atoms with Gasteiger partial charge in [0.1, 0.15) is 6.10 Å². The predicted octanol–water partition coefficient (Wildman–Crippen LogP) is 13.0. The van der Waals surface area contributed by atoms with Crippen LogP contribution in [0.25, 0.3) is 0 Å². The SMILES string of the molecule is CCC(CC)(COC(=O)CCNc1ccc(SSc2ccc(N)cc2)cc1)CC(C)OC(=O)CCN(CCCCO)CCC(=O)OCCC(CC)(CC)C(C)OC(=O)CCNc1ccc(SSc2ccc(N)cc2)cc1. The zero-order valence-electron chi connectivity index (χ0n) is 45.5. The Morgan fingerprint density at radius 3 is 1.46 bits per heavy atom. The summed E-state index contributed by atoms with van der Waals surface area (Å²) < 4.78 is 23.4. The van der Waals surface area contributed by atoms with Crippen molar-refractivity contribution < 1.29 is 43.2 Å². The molecule has 0 aliphatic rings. The van der Waals surface area contributed by atoms with Gasteiger partial charge in [-0.05, 0) is 169 Å². The highest BCUT2D eigenvalue weighted by molar-refractivity contribution is 8.77. The minimum atomic E-state index is -0.399. The second-order valence-electron chi connectivity index (χ2n) is 19.2. The molecule has 0 bridgehead atoms. The van der Waals surface area contributed by atoms with Crippen molar-refractivity contribution in [3.05, 3.63) is 97.1 Å². The fourth-order valence-electron chi connectivity index (χ4n) is 8.64. The Balaban J connectivity index is 1.12. The lowest BCUT2D eigenvalue weighted by Crippen LogP contribution is -2.37. The molecule has 4 aromatic rings. The second-order valence-corrected chi connectivity index (χ2v) is 23.7. The van der Waals surface area contributed by atoms with E-state index < -0.39 is 6.10 Å². The van der Waals surface area contributed by atoms with Crippen LogP contribution in [0.15, 0.2) is 117 Å². The van der Waals surface area contributed by atoms with E-state index in [0.29, 0.717) is 58.4 Å². The number of nitrogens with two attached hydrogens (primary N) is 2. The van der Waals surface area contributed by atoms with E-state index in [4.69, 9.17) is 30.4 Å². The van der Waals surface area contributed by atoms with Crippen molar-refractivity contribution in [3.8, 4) is 0 Å². The van der Waals surface area contributed by atoms with Gasteiger partial charge in [-0.25, -0.2) is 0 Å². The molecule has 2 atom stereocenters. The number of nitrogens with zero attached hydrogens (tertiary/aromatic N) is 1. The Bertz CT molecular complexity index is 2300. The van der Waals surface area contributed by atoms with E-state index in [2.05, 4.69) is 38.3 Å². The van der Waals surface area contributed by atoms with Gasteiger partial charge in [-0.1, -0.05) is 70.9 Å². The molecule has 4 rings (SSSR count). The van der Waals surface area contributed by atoms with Gasteiger partial charge in [-0.2, -0.15) is 0 Å². The molecule has 0 radical (unpaired) electrons. The van der Waals surface area contributed by atoms with E-state index in [1.165, 1.54) is 0 Å². The van der Waals surface area contributed by atoms with Crippen LogP contribution in [0.3, 0.4) is 0 Å². The first-order chi connectivity index (χ1) is 36.6. The van der Waals surface area contributed by atoms with Crippen LogP contribution in [0.1, 0.15) is 119 Å². The Kier molecular flexibility index (Phi) is 29.3. The van der Waals surface area contributed by atoms with Crippen molar-refractivity contribution in [1.29, 1.82) is 0 Å². The van der Waals surface area contributed by atoms with Crippen molar-refractivity contribution in [2.75, 3.05) is 74.6 Å². The molecule has 14 nitrogen and oxygen atoms in total. The van der Waals surface area contributed by atoms with E-state index in [9.17, 15) is 24.3 Å². The monoisotopic (exact) mass is 1120 g/mol. The normalized spacial score (nSPS) is 12.4. The van der Waals surface area contributed by atoms with Crippen LogP contribution in [0.2, 0.25) is 0 Å². The van der Waals surface area contributed by atoms with Crippen molar-refractivity contribution in [3.63, 3.8) is 0 Å². The maximum Gasteiger partial charge on any atom is 0.307 e. The van der Waals surface area contributed by atoms with Gasteiger partial charge in [0.25, 0.3) is 0 Å². The van der Waals surface area contributed by atoms with Crippen molar-refractivity contribution in [2.45, 2.75) is 150 Å². The van der Waals surface area contributed by atoms with E-state index in [1.54, 1.807) is 43.2 Å². The third-order valence-electron chi connectivity index (χ3n) is 13.9. The quantitative estimate of drug-likeness (QED) is 0.00930. The van der Waals surface area contributed by atoms with Crippen molar-refractivity contribution in [1.82, 2.24) is 4.90 Å². The number of esters is 4. The molecule has 0 aromatic heterocycles. The third kappa shape index (κ3) is 23.9. The lowest BCUT2D eigenvalue weighted by molar-refractivity contribution is -0.158. The zero-order chi connectivity index (χ0) is 55.2. The number of aliphatic hydroxyl groups excluding tert-OH is 1. The molecule has 18 heteroatoms. The average molecular weight is 1120 g/mol. The summed E-state index contributed by atoms with van der Waals surface area (Å²) in [7, 11) is 6.66. The van der Waals surface area contributed by atoms with Gasteiger partial charge in [-0.15, -0.1) is 0 Å². The van der Waals surface area contributed by atoms with Gasteiger partial charge < -0.3 is 51.1 Å². The summed E-state index contributed by atoms with van der Waals surface area (Å²) >= 11 is 0. The summed E-state index contributed by atoms with van der Waals surface area (Å²) in [6.45, 7) is 14.8. The number of rotatable bonds is 38. The molecule has 0 heterocycles. The number of carbonyl (C=O) groups is 4. The summed E-state index contributed by atoms with van der Waals surface area (Å²) in [6, 6.07) is 31.7. The first kappa shape index (κ1) is 63.8. The molecule has 0 saturated heterocycles. The largest absolute Gasteiger partial charge is 0.466 e. The number of hydrogen-bond acceptors (Lipinski definition) is 18. The molecule has 0 aliphatic carbocycles. The number of hydrogen-bond donors (Lipinski definition) is 5. The number of aliphatic hydroxyl groups is 1. The minimum Gasteiger partial charge on any atom is -0.466 e. The standard InChI is InChI=1S/C58H83N5O9S4/c1-7-57(8-2,42-70-53(65)29-34-61-47-17-25-51(26-18-47)75-73-49-21-13-45(59)14-22-49)41-43(5)71-56(68)32-38-63(36-11-12-39-64)37-31-54(66)69-40-33-58(9-3,10-4)44(6)72-55(67)30-35-62-48-19-27-52(28-20-48)76-74-50-23-15-46(60)16-24-50/h13-28,43-44,61-62,64H,7-12,29-42,59-60H2,1-6H3. The summed E-state index contributed by atoms with van der Waals surface area (Å²) in [5, 5.41) is 16.1. The molecule has 7 N–H and O–H groups in total. The van der Waals surface area contributed by atoms with Gasteiger partial charge in [0.2, 0.25) is 0 Å². The Labute approximate surface area is 468 Å². The number of benzene rings is 4. The van der Waals surface area contributed by atoms with Crippen molar-refractivity contribution in [2.24, 2.45) is 10.8 Å². The van der Waals surface area contributed by atoms with Gasteiger partial charge in [0.15, 0.2) is 0 Å². The van der Waals surface area contributed by atoms with Crippen LogP contribution in [-0.4, -0.2) is 98.6 Å². The van der Waals surface area contributed by atoms with Crippen LogP contribution in [0, 0.1) is 10.8 Å². The van der Waals surface area contributed by atoms with Gasteiger partial charge in [0.05, 0.1) is 45.0 Å². The zero-order valence-corrected chi connectivity index (χ0v) is 48.7. The topological polar surface area (TPSA) is 205 Å². The molecule has 0 spiro atoms. The maximum atomic E-state index is 13.2. The molecule has 0 amide bonds. The molecular weight excluding hydrogens is 1040 g/mol. The first-order valence-electron chi connectivity index (χ1n) is 26.7. The van der Waals surface area contributed by atoms with E-state index in [-0.39, 0.29) is 86.3 Å². The third-order valence-corrected chi connectivity index (χ3v) is 18.8. The number of nitrogen functional groups attached to an aromatic ring is 2. The van der Waals surface area contributed by atoms with Gasteiger partial charge >= 0.3 is 23.9 Å². The maximum absolute atomic E-state index is 13.2. The van der Waals surface area contributed by atoms with E-state index in [0.717, 1.165) is 68.0 Å². The highest BCUT2D eigenvalue weighted by Gasteiger charge is 2.36. The van der Waals surface area contributed by atoms with Crippen LogP contribution < -0.4 is 22.1 Å². The number of anilines is 4. The predicted molar refractivity (Wildman–Crippen MR) is 315 cm³/mol. The van der Waals surface area contributed by atoms with Crippen LogP contribution in [0.4, 0.5) is 22.7 Å². The number of ether oxygens (including phenoxy) is 4. The van der Waals surface area contributed by atoms with E-state index >= 15 is 0 Å². The van der Waals surface area contributed by atoms with Crippen molar-refractivity contribution >= 4 is 89.8 Å². The van der Waals surface area contributed by atoms with Crippen LogP contribution in [0.5, 0.6) is 0 Å². The Morgan fingerprint density at radius 2 is 1.00 bits per heavy atom. The first-order valence-corrected chi connectivity index (χ1v) is 31.0. The molecule has 0 aliphatic heterocycles. The molecule has 0 saturated carbocycles.